The van der Waals surface area contributed by atoms with Gasteiger partial charge in [0.2, 0.25) is 6.41 Å². The first-order chi connectivity index (χ1) is 10.6. The first-order valence-corrected chi connectivity index (χ1v) is 7.57. The maximum absolute atomic E-state index is 10.8. The Morgan fingerprint density at radius 1 is 1.27 bits per heavy atom. The Labute approximate surface area is 137 Å². The molecule has 0 aliphatic heterocycles. The molecule has 1 heterocycles. The summed E-state index contributed by atoms with van der Waals surface area (Å²) < 4.78 is 0. The maximum Gasteiger partial charge on any atom is 0.214 e. The molecule has 7 heteroatoms. The summed E-state index contributed by atoms with van der Waals surface area (Å²) >= 11 is 6.04. The zero-order valence-corrected chi connectivity index (χ0v) is 14.6. The van der Waals surface area contributed by atoms with Gasteiger partial charge in [0, 0.05) is 26.7 Å². The van der Waals surface area contributed by atoms with Crippen LogP contribution in [0.25, 0.3) is 0 Å². The van der Waals surface area contributed by atoms with Crippen molar-refractivity contribution in [3.05, 3.63) is 16.8 Å². The second-order valence-electron chi connectivity index (χ2n) is 4.29. The van der Waals surface area contributed by atoms with Gasteiger partial charge in [0.1, 0.15) is 10.8 Å². The molecule has 0 radical (unpaired) electrons. The van der Waals surface area contributed by atoms with E-state index in [1.165, 1.54) is 11.2 Å². The van der Waals surface area contributed by atoms with E-state index in [1.54, 1.807) is 6.07 Å². The predicted molar refractivity (Wildman–Crippen MR) is 92.3 cm³/mol. The standard InChI is InChI=1S/C14H21ClN4O.CH4O/c1-5-18(10-20)9-16-13-11(4)8-12(15)17-14(13)19(6-2)7-3;1-2/h8-10H,5-7H2,1-4H3;2H,1H3. The molecule has 1 N–H and O–H groups in total. The predicted octanol–water partition coefficient (Wildman–Crippen LogP) is 2.64. The molecule has 1 amide bonds. The summed E-state index contributed by atoms with van der Waals surface area (Å²) in [6.45, 7) is 10.1. The molecule has 1 rings (SSSR count). The molecule has 0 spiro atoms. The lowest BCUT2D eigenvalue weighted by atomic mass is 10.2. The Kier molecular flexibility index (Phi) is 10.2. The van der Waals surface area contributed by atoms with Crippen LogP contribution in [0, 0.1) is 6.92 Å². The third kappa shape index (κ3) is 5.61. The van der Waals surface area contributed by atoms with Gasteiger partial charge in [-0.05, 0) is 39.3 Å². The van der Waals surface area contributed by atoms with E-state index < -0.39 is 0 Å². The van der Waals surface area contributed by atoms with E-state index in [0.29, 0.717) is 11.7 Å². The average Bonchev–Trinajstić information content (AvgIpc) is 2.53. The number of aliphatic imine (C=N–C) groups is 1. The van der Waals surface area contributed by atoms with Crippen LogP contribution in [0.15, 0.2) is 11.1 Å². The zero-order valence-electron chi connectivity index (χ0n) is 13.9. The molecular weight excluding hydrogens is 304 g/mol. The molecule has 0 saturated heterocycles. The van der Waals surface area contributed by atoms with E-state index in [-0.39, 0.29) is 0 Å². The van der Waals surface area contributed by atoms with Gasteiger partial charge in [-0.2, -0.15) is 0 Å². The summed E-state index contributed by atoms with van der Waals surface area (Å²) in [5.41, 5.74) is 1.68. The van der Waals surface area contributed by atoms with Gasteiger partial charge in [-0.15, -0.1) is 0 Å². The average molecular weight is 329 g/mol. The number of pyridine rings is 1. The Morgan fingerprint density at radius 2 is 1.86 bits per heavy atom. The lowest BCUT2D eigenvalue weighted by Crippen LogP contribution is -2.23. The number of rotatable bonds is 7. The van der Waals surface area contributed by atoms with E-state index >= 15 is 0 Å². The molecule has 22 heavy (non-hydrogen) atoms. The maximum atomic E-state index is 10.8. The van der Waals surface area contributed by atoms with Gasteiger partial charge in [0.15, 0.2) is 5.82 Å². The molecule has 124 valence electrons. The van der Waals surface area contributed by atoms with E-state index in [2.05, 4.69) is 28.7 Å². The number of aliphatic hydroxyl groups excluding tert-OH is 1. The Hall–Kier alpha value is -1.66. The summed E-state index contributed by atoms with van der Waals surface area (Å²) in [6, 6.07) is 1.78. The minimum Gasteiger partial charge on any atom is -0.400 e. The van der Waals surface area contributed by atoms with Crippen LogP contribution in [-0.4, -0.2) is 54.5 Å². The third-order valence-electron chi connectivity index (χ3n) is 3.03. The number of hydrogen-bond acceptors (Lipinski definition) is 5. The summed E-state index contributed by atoms with van der Waals surface area (Å²) in [5.74, 6) is 0.748. The number of aromatic nitrogens is 1. The second-order valence-corrected chi connectivity index (χ2v) is 4.67. The van der Waals surface area contributed by atoms with Gasteiger partial charge in [0.25, 0.3) is 0 Å². The molecule has 0 aliphatic carbocycles. The SMILES string of the molecule is CCN(C=O)C=Nc1c(C)cc(Cl)nc1N(CC)CC.CO. The summed E-state index contributed by atoms with van der Waals surface area (Å²) in [7, 11) is 1.00. The lowest BCUT2D eigenvalue weighted by molar-refractivity contribution is -0.114. The van der Waals surface area contributed by atoms with Crippen molar-refractivity contribution >= 4 is 35.9 Å². The number of hydrogen-bond donors (Lipinski definition) is 1. The molecule has 0 fully saturated rings. The largest absolute Gasteiger partial charge is 0.400 e. The second kappa shape index (κ2) is 11.0. The number of amides is 1. The molecule has 0 aliphatic rings. The Balaban J connectivity index is 0.00000211. The van der Waals surface area contributed by atoms with Crippen molar-refractivity contribution in [3.63, 3.8) is 0 Å². The van der Waals surface area contributed by atoms with Crippen LogP contribution in [0.5, 0.6) is 0 Å². The normalized spacial score (nSPS) is 10.1. The van der Waals surface area contributed by atoms with Crippen molar-refractivity contribution in [2.75, 3.05) is 31.6 Å². The highest BCUT2D eigenvalue weighted by molar-refractivity contribution is 6.29. The molecule has 0 atom stereocenters. The van der Waals surface area contributed by atoms with Crippen molar-refractivity contribution in [1.82, 2.24) is 9.88 Å². The smallest absolute Gasteiger partial charge is 0.214 e. The molecule has 0 unspecified atom stereocenters. The minimum atomic E-state index is 0.450. The molecule has 1 aromatic heterocycles. The third-order valence-corrected chi connectivity index (χ3v) is 3.23. The van der Waals surface area contributed by atoms with E-state index in [0.717, 1.165) is 43.7 Å². The van der Waals surface area contributed by atoms with E-state index in [9.17, 15) is 4.79 Å². The van der Waals surface area contributed by atoms with Crippen LogP contribution in [-0.2, 0) is 4.79 Å². The van der Waals surface area contributed by atoms with Crippen molar-refractivity contribution in [2.24, 2.45) is 4.99 Å². The number of aryl methyl sites for hydroxylation is 1. The molecule has 6 nitrogen and oxygen atoms in total. The van der Waals surface area contributed by atoms with Gasteiger partial charge in [-0.25, -0.2) is 9.98 Å². The molecule has 1 aromatic rings. The number of carbonyl (C=O) groups is 1. The molecule has 0 saturated carbocycles. The van der Waals surface area contributed by atoms with Crippen molar-refractivity contribution in [3.8, 4) is 0 Å². The quantitative estimate of drug-likeness (QED) is 0.361. The van der Waals surface area contributed by atoms with Crippen LogP contribution < -0.4 is 4.90 Å². The number of aliphatic hydroxyl groups is 1. The van der Waals surface area contributed by atoms with Crippen molar-refractivity contribution < 1.29 is 9.90 Å². The van der Waals surface area contributed by atoms with E-state index in [4.69, 9.17) is 16.7 Å². The van der Waals surface area contributed by atoms with Gasteiger partial charge >= 0.3 is 0 Å². The number of carbonyl (C=O) groups excluding carboxylic acids is 1. The van der Waals surface area contributed by atoms with Crippen LogP contribution in [0.4, 0.5) is 11.5 Å². The number of halogens is 1. The summed E-state index contributed by atoms with van der Waals surface area (Å²) in [4.78, 5) is 23.2. The van der Waals surface area contributed by atoms with E-state index in [1.807, 2.05) is 13.8 Å². The number of nitrogens with zero attached hydrogens (tertiary/aromatic N) is 4. The molecule has 0 aromatic carbocycles. The zero-order chi connectivity index (χ0) is 17.1. The highest BCUT2D eigenvalue weighted by atomic mass is 35.5. The molecule has 0 bridgehead atoms. The fraction of sp³-hybridized carbons (Fsp3) is 0.533. The van der Waals surface area contributed by atoms with Crippen molar-refractivity contribution in [2.45, 2.75) is 27.7 Å². The van der Waals surface area contributed by atoms with Crippen LogP contribution in [0.3, 0.4) is 0 Å². The first-order valence-electron chi connectivity index (χ1n) is 7.19. The topological polar surface area (TPSA) is 69.0 Å². The Morgan fingerprint density at radius 3 is 2.32 bits per heavy atom. The van der Waals surface area contributed by atoms with Crippen LogP contribution >= 0.6 is 11.6 Å². The van der Waals surface area contributed by atoms with Gasteiger partial charge in [-0.1, -0.05) is 11.6 Å². The Bertz CT molecular complexity index is 491. The van der Waals surface area contributed by atoms with Crippen molar-refractivity contribution in [1.29, 1.82) is 0 Å². The fourth-order valence-electron chi connectivity index (χ4n) is 1.83. The van der Waals surface area contributed by atoms with Gasteiger partial charge in [0.05, 0.1) is 6.34 Å². The summed E-state index contributed by atoms with van der Waals surface area (Å²) in [6.07, 6.45) is 2.27. The first kappa shape index (κ1) is 20.3. The van der Waals surface area contributed by atoms with Gasteiger partial charge < -0.3 is 14.9 Å². The summed E-state index contributed by atoms with van der Waals surface area (Å²) in [5, 5.41) is 7.45. The monoisotopic (exact) mass is 328 g/mol. The highest BCUT2D eigenvalue weighted by Gasteiger charge is 2.13. The van der Waals surface area contributed by atoms with Crippen LogP contribution in [0.1, 0.15) is 26.3 Å². The number of anilines is 1. The highest BCUT2D eigenvalue weighted by Crippen LogP contribution is 2.32. The minimum absolute atomic E-state index is 0.450. The fourth-order valence-corrected chi connectivity index (χ4v) is 2.07. The molecular formula is C15H25ClN4O2. The van der Waals surface area contributed by atoms with Gasteiger partial charge in [-0.3, -0.25) is 4.79 Å². The lowest BCUT2D eigenvalue weighted by Gasteiger charge is -2.22. The van der Waals surface area contributed by atoms with Crippen LogP contribution in [0.2, 0.25) is 5.15 Å².